The van der Waals surface area contributed by atoms with E-state index >= 15 is 0 Å². The molecular formula is C20H15ClN4. The minimum atomic E-state index is 0.702. The third-order valence-electron chi connectivity index (χ3n) is 3.82. The summed E-state index contributed by atoms with van der Waals surface area (Å²) in [5, 5.41) is 3.86. The number of aliphatic imine (C=N–C) groups is 1. The first-order valence-electron chi connectivity index (χ1n) is 7.88. The van der Waals surface area contributed by atoms with Crippen molar-refractivity contribution in [2.45, 2.75) is 0 Å². The van der Waals surface area contributed by atoms with E-state index in [-0.39, 0.29) is 0 Å². The average molecular weight is 347 g/mol. The molecule has 4 aromatic rings. The molecule has 0 amide bonds. The molecule has 1 heterocycles. The van der Waals surface area contributed by atoms with Gasteiger partial charge in [0.25, 0.3) is 0 Å². The second-order valence-electron chi connectivity index (χ2n) is 5.56. The van der Waals surface area contributed by atoms with Crippen LogP contribution in [-0.4, -0.2) is 16.3 Å². The van der Waals surface area contributed by atoms with Crippen LogP contribution in [0.25, 0.3) is 22.4 Å². The Balaban J connectivity index is 1.47. The number of aromatic nitrogens is 2. The zero-order valence-corrected chi connectivity index (χ0v) is 14.0. The normalized spacial score (nSPS) is 11.2. The topological polar surface area (TPSA) is 53.1 Å². The molecule has 0 unspecified atom stereocenters. The van der Waals surface area contributed by atoms with Crippen molar-refractivity contribution in [1.82, 2.24) is 9.97 Å². The molecule has 5 heteroatoms. The van der Waals surface area contributed by atoms with Gasteiger partial charge in [-0.3, -0.25) is 0 Å². The van der Waals surface area contributed by atoms with Crippen LogP contribution >= 0.6 is 11.6 Å². The molecule has 0 bridgehead atoms. The van der Waals surface area contributed by atoms with Crippen LogP contribution in [0.4, 0.5) is 11.4 Å². The molecular weight excluding hydrogens is 332 g/mol. The highest BCUT2D eigenvalue weighted by molar-refractivity contribution is 6.30. The number of imidazole rings is 1. The van der Waals surface area contributed by atoms with Crippen molar-refractivity contribution < 1.29 is 0 Å². The first-order valence-corrected chi connectivity index (χ1v) is 8.25. The monoisotopic (exact) mass is 346 g/mol. The van der Waals surface area contributed by atoms with Crippen molar-refractivity contribution in [2.24, 2.45) is 4.99 Å². The van der Waals surface area contributed by atoms with E-state index < -0.39 is 0 Å². The Labute approximate surface area is 150 Å². The lowest BCUT2D eigenvalue weighted by atomic mass is 10.2. The second-order valence-corrected chi connectivity index (χ2v) is 6.00. The number of aromatic amines is 1. The summed E-state index contributed by atoms with van der Waals surface area (Å²) in [7, 11) is 0. The van der Waals surface area contributed by atoms with Gasteiger partial charge >= 0.3 is 0 Å². The van der Waals surface area contributed by atoms with Crippen LogP contribution in [0.2, 0.25) is 5.02 Å². The van der Waals surface area contributed by atoms with Gasteiger partial charge in [-0.25, -0.2) is 9.98 Å². The third kappa shape index (κ3) is 3.54. The van der Waals surface area contributed by atoms with Crippen molar-refractivity contribution in [1.29, 1.82) is 0 Å². The van der Waals surface area contributed by atoms with E-state index in [1.807, 2.05) is 72.8 Å². The molecule has 0 fully saturated rings. The summed E-state index contributed by atoms with van der Waals surface area (Å²) in [4.78, 5) is 12.3. The molecule has 0 saturated carbocycles. The summed E-state index contributed by atoms with van der Waals surface area (Å²) in [5.74, 6) is 0.864. The van der Waals surface area contributed by atoms with Gasteiger partial charge in [-0.1, -0.05) is 23.7 Å². The zero-order valence-electron chi connectivity index (χ0n) is 13.3. The van der Waals surface area contributed by atoms with Crippen molar-refractivity contribution in [3.63, 3.8) is 0 Å². The van der Waals surface area contributed by atoms with Crippen LogP contribution in [0.5, 0.6) is 0 Å². The van der Waals surface area contributed by atoms with Crippen LogP contribution in [-0.2, 0) is 0 Å². The number of benzene rings is 3. The standard InChI is InChI=1S/C20H15ClN4/c21-15-7-11-17(12-8-15)23-13-22-16-9-5-14(6-10-16)20-24-18-3-1-2-4-19(18)25-20/h1-13H,(H,22,23)(H,24,25). The van der Waals surface area contributed by atoms with Crippen LogP contribution in [0.15, 0.2) is 77.8 Å². The number of anilines is 1. The van der Waals surface area contributed by atoms with Gasteiger partial charge in [-0.2, -0.15) is 0 Å². The number of hydrogen-bond donors (Lipinski definition) is 2. The SMILES string of the molecule is Clc1ccc(N=CNc2ccc(-c3nc4ccccc4[nH]3)cc2)cc1. The number of para-hydroxylation sites is 2. The lowest BCUT2D eigenvalue weighted by Crippen LogP contribution is -1.94. The number of rotatable bonds is 4. The number of nitrogens with zero attached hydrogens (tertiary/aromatic N) is 2. The molecule has 4 nitrogen and oxygen atoms in total. The maximum absolute atomic E-state index is 5.86. The average Bonchev–Trinajstić information content (AvgIpc) is 3.08. The van der Waals surface area contributed by atoms with Gasteiger partial charge in [0.1, 0.15) is 5.82 Å². The largest absolute Gasteiger partial charge is 0.346 e. The fourth-order valence-corrected chi connectivity index (χ4v) is 2.65. The molecule has 0 radical (unpaired) electrons. The van der Waals surface area contributed by atoms with Crippen molar-refractivity contribution >= 4 is 40.3 Å². The highest BCUT2D eigenvalue weighted by atomic mass is 35.5. The highest BCUT2D eigenvalue weighted by Crippen LogP contribution is 2.22. The van der Waals surface area contributed by atoms with Gasteiger partial charge < -0.3 is 10.3 Å². The molecule has 0 saturated heterocycles. The first-order chi connectivity index (χ1) is 12.3. The summed E-state index contributed by atoms with van der Waals surface area (Å²) in [5.41, 5.74) is 4.84. The zero-order chi connectivity index (χ0) is 17.1. The maximum atomic E-state index is 5.86. The Kier molecular flexibility index (Phi) is 4.19. The molecule has 1 aromatic heterocycles. The van der Waals surface area contributed by atoms with Crippen molar-refractivity contribution in [3.8, 4) is 11.4 Å². The first kappa shape index (κ1) is 15.4. The van der Waals surface area contributed by atoms with Gasteiger partial charge in [0.2, 0.25) is 0 Å². The molecule has 0 aliphatic carbocycles. The van der Waals surface area contributed by atoms with E-state index in [2.05, 4.69) is 20.3 Å². The Bertz CT molecular complexity index is 985. The smallest absolute Gasteiger partial charge is 0.138 e. The Morgan fingerprint density at radius 3 is 2.44 bits per heavy atom. The molecule has 0 aliphatic rings. The van der Waals surface area contributed by atoms with Gasteiger partial charge in [0, 0.05) is 16.3 Å². The van der Waals surface area contributed by atoms with Crippen molar-refractivity contribution in [3.05, 3.63) is 77.8 Å². The predicted octanol–water partition coefficient (Wildman–Crippen LogP) is 5.66. The molecule has 4 rings (SSSR count). The number of halogens is 1. The molecule has 0 aliphatic heterocycles. The van der Waals surface area contributed by atoms with Gasteiger partial charge in [0.05, 0.1) is 23.1 Å². The predicted molar refractivity (Wildman–Crippen MR) is 105 cm³/mol. The fourth-order valence-electron chi connectivity index (χ4n) is 2.52. The van der Waals surface area contributed by atoms with E-state index in [1.165, 1.54) is 0 Å². The van der Waals surface area contributed by atoms with Crippen LogP contribution < -0.4 is 5.32 Å². The van der Waals surface area contributed by atoms with E-state index in [1.54, 1.807) is 6.34 Å². The summed E-state index contributed by atoms with van der Waals surface area (Å²) in [6, 6.07) is 23.4. The van der Waals surface area contributed by atoms with Gasteiger partial charge in [0.15, 0.2) is 0 Å². The number of nitrogens with one attached hydrogen (secondary N) is 2. The molecule has 25 heavy (non-hydrogen) atoms. The summed E-state index contributed by atoms with van der Waals surface area (Å²) in [6.07, 6.45) is 1.67. The van der Waals surface area contributed by atoms with E-state index in [9.17, 15) is 0 Å². The van der Waals surface area contributed by atoms with Gasteiger partial charge in [-0.15, -0.1) is 0 Å². The summed E-state index contributed by atoms with van der Waals surface area (Å²) < 4.78 is 0. The Morgan fingerprint density at radius 2 is 1.68 bits per heavy atom. The molecule has 0 atom stereocenters. The van der Waals surface area contributed by atoms with Gasteiger partial charge in [-0.05, 0) is 60.7 Å². The number of H-pyrrole nitrogens is 1. The van der Waals surface area contributed by atoms with E-state index in [4.69, 9.17) is 11.6 Å². The van der Waals surface area contributed by atoms with Crippen LogP contribution in [0.1, 0.15) is 0 Å². The van der Waals surface area contributed by atoms with Crippen LogP contribution in [0.3, 0.4) is 0 Å². The fraction of sp³-hybridized carbons (Fsp3) is 0. The molecule has 122 valence electrons. The van der Waals surface area contributed by atoms with Crippen LogP contribution in [0, 0.1) is 0 Å². The number of hydrogen-bond acceptors (Lipinski definition) is 2. The summed E-state index contributed by atoms with van der Waals surface area (Å²) in [6.45, 7) is 0. The second kappa shape index (κ2) is 6.79. The highest BCUT2D eigenvalue weighted by Gasteiger charge is 2.04. The summed E-state index contributed by atoms with van der Waals surface area (Å²) >= 11 is 5.86. The Hall–Kier alpha value is -3.11. The Morgan fingerprint density at radius 1 is 0.920 bits per heavy atom. The van der Waals surface area contributed by atoms with Crippen molar-refractivity contribution in [2.75, 3.05) is 5.32 Å². The third-order valence-corrected chi connectivity index (χ3v) is 4.07. The minimum absolute atomic E-state index is 0.702. The maximum Gasteiger partial charge on any atom is 0.138 e. The lowest BCUT2D eigenvalue weighted by molar-refractivity contribution is 1.34. The minimum Gasteiger partial charge on any atom is -0.346 e. The van der Waals surface area contributed by atoms with E-state index in [0.717, 1.165) is 33.8 Å². The number of fused-ring (bicyclic) bond motifs is 1. The quantitative estimate of drug-likeness (QED) is 0.370. The molecule has 2 N–H and O–H groups in total. The molecule has 0 spiro atoms. The van der Waals surface area contributed by atoms with E-state index in [0.29, 0.717) is 5.02 Å². The molecule has 3 aromatic carbocycles. The lowest BCUT2D eigenvalue weighted by Gasteiger charge is -2.02.